The Balaban J connectivity index is 1.83. The van der Waals surface area contributed by atoms with Crippen LogP contribution in [-0.2, 0) is 23.0 Å². The molecule has 0 aliphatic carbocycles. The summed E-state index contributed by atoms with van der Waals surface area (Å²) in [4.78, 5) is 0. The van der Waals surface area contributed by atoms with Crippen LogP contribution in [0.5, 0.6) is 11.5 Å². The van der Waals surface area contributed by atoms with Crippen LogP contribution in [0.3, 0.4) is 0 Å². The predicted octanol–water partition coefficient (Wildman–Crippen LogP) is 2.95. The van der Waals surface area contributed by atoms with Crippen LogP contribution in [-0.4, -0.2) is 21.1 Å². The summed E-state index contributed by atoms with van der Waals surface area (Å²) in [7, 11) is -3.50. The molecule has 1 aliphatic rings. The molecule has 0 saturated carbocycles. The molecule has 0 radical (unpaired) electrons. The van der Waals surface area contributed by atoms with Gasteiger partial charge in [-0.3, -0.25) is 0 Å². The summed E-state index contributed by atoms with van der Waals surface area (Å²) in [6.45, 7) is 4.62. The number of hydrogen-bond acceptors (Lipinski definition) is 5. The zero-order chi connectivity index (χ0) is 16.4. The topological polar surface area (TPSA) is 64.6 Å². The van der Waals surface area contributed by atoms with Crippen molar-refractivity contribution in [2.75, 3.05) is 6.61 Å². The lowest BCUT2D eigenvalue weighted by atomic mass is 10.1. The van der Waals surface area contributed by atoms with E-state index >= 15 is 0 Å². The Labute approximate surface area is 140 Å². The van der Waals surface area contributed by atoms with E-state index in [1.807, 2.05) is 26.0 Å². The highest BCUT2D eigenvalue weighted by molar-refractivity contribution is 7.91. The molecule has 0 saturated heterocycles. The van der Waals surface area contributed by atoms with E-state index in [0.717, 1.165) is 23.3 Å². The normalized spacial score (nSPS) is 16.9. The van der Waals surface area contributed by atoms with E-state index in [9.17, 15) is 8.42 Å². The summed E-state index contributed by atoms with van der Waals surface area (Å²) in [5, 5.41) is 1.74. The van der Waals surface area contributed by atoms with Gasteiger partial charge in [0.2, 0.25) is 10.0 Å². The van der Waals surface area contributed by atoms with Crippen LogP contribution < -0.4 is 14.2 Å². The lowest BCUT2D eigenvalue weighted by Gasteiger charge is -2.13. The number of ether oxygens (including phenoxy) is 2. The molecule has 1 aromatic carbocycles. The number of benzene rings is 1. The Morgan fingerprint density at radius 3 is 2.96 bits per heavy atom. The molecule has 1 N–H and O–H groups in total. The third-order valence-electron chi connectivity index (χ3n) is 3.59. The van der Waals surface area contributed by atoms with Gasteiger partial charge in [-0.2, -0.15) is 0 Å². The maximum atomic E-state index is 12.2. The Morgan fingerprint density at radius 1 is 1.43 bits per heavy atom. The van der Waals surface area contributed by atoms with Crippen LogP contribution in [0.4, 0.5) is 0 Å². The molecule has 0 bridgehead atoms. The molecule has 2 heterocycles. The maximum Gasteiger partial charge on any atom is 0.250 e. The second-order valence-corrected chi connectivity index (χ2v) is 8.33. The monoisotopic (exact) mass is 353 g/mol. The van der Waals surface area contributed by atoms with Crippen molar-refractivity contribution in [2.24, 2.45) is 0 Å². The van der Waals surface area contributed by atoms with Gasteiger partial charge in [0.1, 0.15) is 21.8 Å². The first-order valence-corrected chi connectivity index (χ1v) is 9.84. The highest BCUT2D eigenvalue weighted by atomic mass is 32.2. The Kier molecular flexibility index (Phi) is 4.61. The van der Waals surface area contributed by atoms with Crippen molar-refractivity contribution in [3.63, 3.8) is 0 Å². The molecule has 1 atom stereocenters. The van der Waals surface area contributed by atoms with Gasteiger partial charge in [0.05, 0.1) is 6.61 Å². The number of thiophene rings is 1. The molecule has 3 rings (SSSR count). The highest BCUT2D eigenvalue weighted by Gasteiger charge is 2.23. The summed E-state index contributed by atoms with van der Waals surface area (Å²) in [6, 6.07) is 7.14. The summed E-state index contributed by atoms with van der Waals surface area (Å²) < 4.78 is 38.9. The van der Waals surface area contributed by atoms with Gasteiger partial charge < -0.3 is 9.47 Å². The molecule has 5 nitrogen and oxygen atoms in total. The van der Waals surface area contributed by atoms with Crippen LogP contribution in [0.2, 0.25) is 0 Å². The minimum atomic E-state index is -3.50. The molecule has 1 unspecified atom stereocenters. The number of fused-ring (bicyclic) bond motifs is 1. The van der Waals surface area contributed by atoms with Gasteiger partial charge in [0.15, 0.2) is 0 Å². The van der Waals surface area contributed by atoms with Crippen LogP contribution in [0, 0.1) is 0 Å². The van der Waals surface area contributed by atoms with Crippen molar-refractivity contribution < 1.29 is 17.9 Å². The fourth-order valence-electron chi connectivity index (χ4n) is 2.57. The summed E-state index contributed by atoms with van der Waals surface area (Å²) >= 11 is 1.19. The van der Waals surface area contributed by atoms with Gasteiger partial charge in [-0.15, -0.1) is 11.3 Å². The minimum Gasteiger partial charge on any atom is -0.494 e. The first kappa shape index (κ1) is 16.3. The molecule has 124 valence electrons. The fraction of sp³-hybridized carbons (Fsp3) is 0.375. The number of hydrogen-bond donors (Lipinski definition) is 1. The van der Waals surface area contributed by atoms with E-state index in [1.54, 1.807) is 17.5 Å². The second kappa shape index (κ2) is 6.51. The van der Waals surface area contributed by atoms with E-state index in [0.29, 0.717) is 16.6 Å². The molecule has 1 aliphatic heterocycles. The van der Waals surface area contributed by atoms with E-state index in [2.05, 4.69) is 4.72 Å². The Bertz CT molecular complexity index is 785. The van der Waals surface area contributed by atoms with Crippen LogP contribution >= 0.6 is 11.3 Å². The highest BCUT2D eigenvalue weighted by Crippen LogP contribution is 2.35. The van der Waals surface area contributed by atoms with Crippen molar-refractivity contribution in [1.82, 2.24) is 4.72 Å². The molecular formula is C16H19NO4S2. The Morgan fingerprint density at radius 2 is 2.26 bits per heavy atom. The molecule has 7 heteroatoms. The van der Waals surface area contributed by atoms with Crippen molar-refractivity contribution in [3.05, 3.63) is 40.8 Å². The molecular weight excluding hydrogens is 334 g/mol. The van der Waals surface area contributed by atoms with E-state index in [-0.39, 0.29) is 12.6 Å². The standard InChI is InChI=1S/C16H19NO4S2/c1-3-20-14-8-12-7-11(2)21-15(12)9-13(14)10-17-23(18,19)16-5-4-6-22-16/h4-6,8-9,11,17H,3,7,10H2,1-2H3. The van der Waals surface area contributed by atoms with Gasteiger partial charge in [0, 0.05) is 24.1 Å². The number of nitrogens with one attached hydrogen (secondary N) is 1. The average Bonchev–Trinajstić information content (AvgIpc) is 3.13. The third kappa shape index (κ3) is 3.52. The largest absolute Gasteiger partial charge is 0.494 e. The molecule has 0 spiro atoms. The SMILES string of the molecule is CCOc1cc2c(cc1CNS(=O)(=O)c1cccs1)OC(C)C2. The summed E-state index contributed by atoms with van der Waals surface area (Å²) in [6.07, 6.45) is 0.980. The molecule has 23 heavy (non-hydrogen) atoms. The first-order chi connectivity index (χ1) is 11.0. The lowest BCUT2D eigenvalue weighted by molar-refractivity contribution is 0.254. The van der Waals surface area contributed by atoms with Gasteiger partial charge in [-0.1, -0.05) is 6.07 Å². The summed E-state index contributed by atoms with van der Waals surface area (Å²) in [5.74, 6) is 1.52. The van der Waals surface area contributed by atoms with E-state index in [1.165, 1.54) is 11.3 Å². The molecule has 0 fully saturated rings. The first-order valence-electron chi connectivity index (χ1n) is 7.48. The van der Waals surface area contributed by atoms with Crippen molar-refractivity contribution in [1.29, 1.82) is 0 Å². The van der Waals surface area contributed by atoms with Crippen LogP contribution in [0.15, 0.2) is 33.9 Å². The summed E-state index contributed by atoms with van der Waals surface area (Å²) in [5.41, 5.74) is 1.88. The van der Waals surface area contributed by atoms with Crippen molar-refractivity contribution >= 4 is 21.4 Å². The maximum absolute atomic E-state index is 12.2. The second-order valence-electron chi connectivity index (χ2n) is 5.39. The van der Waals surface area contributed by atoms with Gasteiger partial charge in [-0.25, -0.2) is 13.1 Å². The molecule has 2 aromatic rings. The van der Waals surface area contributed by atoms with E-state index in [4.69, 9.17) is 9.47 Å². The van der Waals surface area contributed by atoms with E-state index < -0.39 is 10.0 Å². The zero-order valence-corrected chi connectivity index (χ0v) is 14.7. The molecule has 1 aromatic heterocycles. The number of sulfonamides is 1. The van der Waals surface area contributed by atoms with Crippen molar-refractivity contribution in [3.8, 4) is 11.5 Å². The van der Waals surface area contributed by atoms with Crippen LogP contribution in [0.25, 0.3) is 0 Å². The average molecular weight is 353 g/mol. The molecule has 0 amide bonds. The van der Waals surface area contributed by atoms with Crippen molar-refractivity contribution in [2.45, 2.75) is 37.1 Å². The van der Waals surface area contributed by atoms with Gasteiger partial charge in [0.25, 0.3) is 0 Å². The third-order valence-corrected chi connectivity index (χ3v) is 6.39. The smallest absolute Gasteiger partial charge is 0.250 e. The lowest BCUT2D eigenvalue weighted by Crippen LogP contribution is -2.22. The zero-order valence-electron chi connectivity index (χ0n) is 13.0. The minimum absolute atomic E-state index is 0.137. The van der Waals surface area contributed by atoms with Gasteiger partial charge in [-0.05, 0) is 37.4 Å². The fourth-order valence-corrected chi connectivity index (χ4v) is 4.61. The van der Waals surface area contributed by atoms with Gasteiger partial charge >= 0.3 is 0 Å². The Hall–Kier alpha value is -1.57. The quantitative estimate of drug-likeness (QED) is 0.867. The number of rotatable bonds is 6. The predicted molar refractivity (Wildman–Crippen MR) is 89.7 cm³/mol. The van der Waals surface area contributed by atoms with Crippen LogP contribution in [0.1, 0.15) is 25.0 Å².